The van der Waals surface area contributed by atoms with Crippen molar-refractivity contribution in [2.75, 3.05) is 26.7 Å². The Kier molecular flexibility index (Phi) is 7.47. The number of nitrogens with zero attached hydrogens (tertiary/aromatic N) is 1. The fourth-order valence-electron chi connectivity index (χ4n) is 1.94. The van der Waals surface area contributed by atoms with E-state index in [0.29, 0.717) is 19.4 Å². The normalized spacial score (nSPS) is 18.8. The Morgan fingerprint density at radius 2 is 2.05 bits per heavy atom. The molecular weight excluding hydrogens is 320 g/mol. The van der Waals surface area contributed by atoms with Gasteiger partial charge in [-0.15, -0.1) is 4.28 Å². The molecule has 0 aliphatic carbocycles. The number of hydroxylamine groups is 2. The summed E-state index contributed by atoms with van der Waals surface area (Å²) in [5.41, 5.74) is 3.81. The van der Waals surface area contributed by atoms with Crippen molar-refractivity contribution in [3.8, 4) is 0 Å². The molecule has 0 unspecified atom stereocenters. The Hall–Kier alpha value is -1.47. The number of hydrogen-bond acceptors (Lipinski definition) is 7. The number of piperidine rings is 1. The van der Waals surface area contributed by atoms with Crippen LogP contribution < -0.4 is 16.3 Å². The van der Waals surface area contributed by atoms with Crippen LogP contribution in [0.2, 0.25) is 0 Å². The zero-order valence-electron chi connectivity index (χ0n) is 12.1. The largest absolute Gasteiger partial charge is 0.418 e. The average molecular weight is 340 g/mol. The summed E-state index contributed by atoms with van der Waals surface area (Å²) in [6.45, 7) is 1.04. The highest BCUT2D eigenvalue weighted by molar-refractivity contribution is 7.80. The predicted molar refractivity (Wildman–Crippen MR) is 73.5 cm³/mol. The summed E-state index contributed by atoms with van der Waals surface area (Å²) in [4.78, 5) is 29.9. The molecule has 1 atom stereocenters. The maximum atomic E-state index is 12.0. The summed E-state index contributed by atoms with van der Waals surface area (Å²) >= 11 is 0. The molecule has 0 saturated carbocycles. The second kappa shape index (κ2) is 8.85. The van der Waals surface area contributed by atoms with Crippen molar-refractivity contribution in [2.24, 2.45) is 0 Å². The number of urea groups is 1. The van der Waals surface area contributed by atoms with Gasteiger partial charge in [-0.05, 0) is 26.3 Å². The molecule has 0 aromatic heterocycles. The van der Waals surface area contributed by atoms with E-state index in [2.05, 4.69) is 15.1 Å². The van der Waals surface area contributed by atoms with Gasteiger partial charge in [0.2, 0.25) is 0 Å². The number of likely N-dealkylation sites (tertiary alicyclic amines) is 1. The third kappa shape index (κ3) is 6.53. The maximum Gasteiger partial charge on any atom is 0.418 e. The van der Waals surface area contributed by atoms with Gasteiger partial charge >= 0.3 is 16.4 Å². The van der Waals surface area contributed by atoms with Gasteiger partial charge in [-0.2, -0.15) is 13.9 Å². The third-order valence-corrected chi connectivity index (χ3v) is 3.22. The lowest BCUT2D eigenvalue weighted by atomic mass is 10.0. The van der Waals surface area contributed by atoms with Gasteiger partial charge in [0, 0.05) is 13.1 Å². The molecule has 1 aliphatic rings. The van der Waals surface area contributed by atoms with Crippen LogP contribution in [0.1, 0.15) is 19.3 Å². The van der Waals surface area contributed by atoms with E-state index in [9.17, 15) is 18.0 Å². The summed E-state index contributed by atoms with van der Waals surface area (Å²) in [6, 6.07) is -1.75. The lowest BCUT2D eigenvalue weighted by Gasteiger charge is -2.33. The van der Waals surface area contributed by atoms with Gasteiger partial charge in [0.15, 0.2) is 0 Å². The number of rotatable bonds is 7. The Balaban J connectivity index is 2.54. The molecular formula is C10H20N4O7S. The summed E-state index contributed by atoms with van der Waals surface area (Å²) < 4.78 is 33.1. The van der Waals surface area contributed by atoms with Crippen LogP contribution in [0.5, 0.6) is 0 Å². The maximum absolute atomic E-state index is 12.0. The van der Waals surface area contributed by atoms with Crippen molar-refractivity contribution in [2.45, 2.75) is 25.3 Å². The van der Waals surface area contributed by atoms with Gasteiger partial charge in [0.25, 0.3) is 5.91 Å². The molecule has 0 radical (unpaired) electrons. The van der Waals surface area contributed by atoms with Crippen LogP contribution in [0, 0.1) is 0 Å². The molecule has 4 N–H and O–H groups in total. The first-order valence-corrected chi connectivity index (χ1v) is 8.00. The van der Waals surface area contributed by atoms with Crippen molar-refractivity contribution in [1.29, 1.82) is 0 Å². The summed E-state index contributed by atoms with van der Waals surface area (Å²) in [7, 11) is -3.08. The molecule has 22 heavy (non-hydrogen) atoms. The van der Waals surface area contributed by atoms with Crippen molar-refractivity contribution < 1.29 is 31.7 Å². The molecule has 1 heterocycles. The fraction of sp³-hybridized carbons (Fsp3) is 0.800. The first-order chi connectivity index (χ1) is 10.3. The average Bonchev–Trinajstić information content (AvgIpc) is 2.48. The highest BCUT2D eigenvalue weighted by Crippen LogP contribution is 2.17. The lowest BCUT2D eigenvalue weighted by molar-refractivity contribution is -0.139. The van der Waals surface area contributed by atoms with E-state index in [1.807, 2.05) is 0 Å². The van der Waals surface area contributed by atoms with Gasteiger partial charge < -0.3 is 10.2 Å². The van der Waals surface area contributed by atoms with E-state index in [-0.39, 0.29) is 13.2 Å². The van der Waals surface area contributed by atoms with E-state index in [0.717, 1.165) is 11.3 Å². The molecule has 0 aromatic rings. The third-order valence-electron chi connectivity index (χ3n) is 2.93. The van der Waals surface area contributed by atoms with E-state index >= 15 is 0 Å². The number of likely N-dealkylation sites (N-methyl/N-ethyl adjacent to an activating group) is 1. The van der Waals surface area contributed by atoms with Gasteiger partial charge in [0.1, 0.15) is 6.04 Å². The lowest BCUT2D eigenvalue weighted by Crippen LogP contribution is -2.55. The van der Waals surface area contributed by atoms with Crippen molar-refractivity contribution in [3.05, 3.63) is 0 Å². The molecule has 128 valence electrons. The molecule has 1 aliphatic heterocycles. The molecule has 1 rings (SSSR count). The highest BCUT2D eigenvalue weighted by atomic mass is 32.3. The van der Waals surface area contributed by atoms with Crippen molar-refractivity contribution >= 4 is 22.3 Å². The monoisotopic (exact) mass is 340 g/mol. The summed E-state index contributed by atoms with van der Waals surface area (Å²) in [6.07, 6.45) is 1.79. The van der Waals surface area contributed by atoms with Gasteiger partial charge in [-0.25, -0.2) is 10.3 Å². The number of amides is 3. The van der Waals surface area contributed by atoms with E-state index in [1.54, 1.807) is 12.5 Å². The van der Waals surface area contributed by atoms with E-state index < -0.39 is 28.4 Å². The molecule has 0 spiro atoms. The molecule has 3 amide bonds. The molecule has 0 aromatic carbocycles. The van der Waals surface area contributed by atoms with Gasteiger partial charge in [-0.3, -0.25) is 14.2 Å². The zero-order chi connectivity index (χ0) is 16.6. The quantitative estimate of drug-likeness (QED) is 0.250. The van der Waals surface area contributed by atoms with Gasteiger partial charge in [0.05, 0.1) is 6.61 Å². The minimum Gasteiger partial charge on any atom is -0.317 e. The van der Waals surface area contributed by atoms with Crippen molar-refractivity contribution in [1.82, 2.24) is 21.2 Å². The van der Waals surface area contributed by atoms with E-state index in [4.69, 9.17) is 9.39 Å². The van der Waals surface area contributed by atoms with E-state index in [1.165, 1.54) is 0 Å². The molecule has 0 bridgehead atoms. The smallest absolute Gasteiger partial charge is 0.317 e. The Morgan fingerprint density at radius 3 is 2.68 bits per heavy atom. The van der Waals surface area contributed by atoms with Crippen LogP contribution >= 0.6 is 0 Å². The van der Waals surface area contributed by atoms with Gasteiger partial charge in [-0.1, -0.05) is 0 Å². The minimum absolute atomic E-state index is 0.245. The molecule has 12 heteroatoms. The topological polar surface area (TPSA) is 146 Å². The molecule has 1 saturated heterocycles. The zero-order valence-corrected chi connectivity index (χ0v) is 12.9. The summed E-state index contributed by atoms with van der Waals surface area (Å²) in [5.74, 6) is -0.516. The second-order valence-corrected chi connectivity index (χ2v) is 5.56. The second-order valence-electron chi connectivity index (χ2n) is 4.54. The fourth-order valence-corrected chi connectivity index (χ4v) is 2.11. The molecule has 11 nitrogen and oxygen atoms in total. The van der Waals surface area contributed by atoms with Crippen LogP contribution in [-0.2, 0) is 24.3 Å². The van der Waals surface area contributed by atoms with Crippen LogP contribution in [0.15, 0.2) is 0 Å². The Morgan fingerprint density at radius 1 is 1.32 bits per heavy atom. The van der Waals surface area contributed by atoms with Crippen LogP contribution in [-0.4, -0.2) is 62.6 Å². The highest BCUT2D eigenvalue weighted by Gasteiger charge is 2.33. The number of carbonyl (C=O) groups excluding carboxylic acids is 2. The number of nitrogens with one attached hydrogen (secondary N) is 3. The van der Waals surface area contributed by atoms with Crippen LogP contribution in [0.3, 0.4) is 0 Å². The van der Waals surface area contributed by atoms with Crippen LogP contribution in [0.25, 0.3) is 0 Å². The standard InChI is InChI=1S/C10H20N4O7S/c1-11-5-7-20-12-9(15)8-4-2-3-6-14(8)10(16)13-21-22(17,18)19/h8,11H,2-7H2,1H3,(H,12,15)(H,13,16)(H,17,18,19)/t8-/m0/s1. The SMILES string of the molecule is CNCCONC(=O)[C@@H]1CCCCN1C(=O)NOS(=O)(=O)O. The Labute approximate surface area is 128 Å². The first-order valence-electron chi connectivity index (χ1n) is 6.64. The Bertz CT molecular complexity index is 484. The minimum atomic E-state index is -4.81. The predicted octanol–water partition coefficient (Wildman–Crippen LogP) is -1.45. The van der Waals surface area contributed by atoms with Crippen molar-refractivity contribution in [3.63, 3.8) is 0 Å². The molecule has 1 fully saturated rings. The van der Waals surface area contributed by atoms with Crippen LogP contribution in [0.4, 0.5) is 4.79 Å². The number of hydrogen-bond donors (Lipinski definition) is 4. The number of carbonyl (C=O) groups is 2. The first kappa shape index (κ1) is 18.6. The summed E-state index contributed by atoms with van der Waals surface area (Å²) in [5, 5.41) is 2.83.